The van der Waals surface area contributed by atoms with Gasteiger partial charge < -0.3 is 0 Å². The lowest BCUT2D eigenvalue weighted by molar-refractivity contribution is 0.556. The van der Waals surface area contributed by atoms with Gasteiger partial charge in [0.25, 0.3) is 0 Å². The minimum absolute atomic E-state index is 0.215. The Morgan fingerprint density at radius 2 is 1.46 bits per heavy atom. The molecule has 3 aromatic carbocycles. The van der Waals surface area contributed by atoms with Gasteiger partial charge in [-0.25, -0.2) is 17.6 Å². The molecule has 28 heavy (non-hydrogen) atoms. The zero-order valence-corrected chi connectivity index (χ0v) is 15.5. The van der Waals surface area contributed by atoms with Gasteiger partial charge in [0.2, 0.25) is 0 Å². The molecule has 0 bridgehead atoms. The van der Waals surface area contributed by atoms with Crippen molar-refractivity contribution in [1.82, 2.24) is 0 Å². The maximum absolute atomic E-state index is 14.7. The van der Waals surface area contributed by atoms with Crippen molar-refractivity contribution in [1.29, 1.82) is 0 Å². The molecule has 3 rings (SSSR count). The molecule has 0 aromatic heterocycles. The lowest BCUT2D eigenvalue weighted by Gasteiger charge is -2.09. The molecule has 0 saturated carbocycles. The van der Waals surface area contributed by atoms with Gasteiger partial charge in [-0.1, -0.05) is 55.8 Å². The summed E-state index contributed by atoms with van der Waals surface area (Å²) in [6.07, 6.45) is 2.71. The first kappa shape index (κ1) is 19.9. The predicted molar refractivity (Wildman–Crippen MR) is 106 cm³/mol. The van der Waals surface area contributed by atoms with Crippen LogP contribution in [0.4, 0.5) is 17.6 Å². The quantitative estimate of drug-likeness (QED) is 0.385. The molecule has 0 unspecified atom stereocenters. The smallest absolute Gasteiger partial charge is 0.133 e. The molecular formula is C24H20F4. The lowest BCUT2D eigenvalue weighted by atomic mass is 9.97. The van der Waals surface area contributed by atoms with Crippen LogP contribution in [0.15, 0.2) is 66.7 Å². The number of halogens is 4. The summed E-state index contributed by atoms with van der Waals surface area (Å²) in [5, 5.41) is 0. The molecule has 0 atom stereocenters. The van der Waals surface area contributed by atoms with E-state index in [0.717, 1.165) is 30.0 Å². The van der Waals surface area contributed by atoms with Gasteiger partial charge in [-0.2, -0.15) is 0 Å². The minimum atomic E-state index is -1.03. The largest absolute Gasteiger partial charge is 0.246 e. The van der Waals surface area contributed by atoms with Crippen LogP contribution < -0.4 is 0 Å². The van der Waals surface area contributed by atoms with E-state index in [9.17, 15) is 17.6 Å². The molecule has 4 heteroatoms. The van der Waals surface area contributed by atoms with Crippen LogP contribution in [0.3, 0.4) is 0 Å². The maximum Gasteiger partial charge on any atom is 0.133 e. The fraction of sp³-hybridized carbons (Fsp3) is 0.167. The van der Waals surface area contributed by atoms with Crippen molar-refractivity contribution in [3.05, 3.63) is 89.5 Å². The van der Waals surface area contributed by atoms with E-state index in [-0.39, 0.29) is 16.7 Å². The van der Waals surface area contributed by atoms with Crippen LogP contribution in [-0.2, 0) is 6.42 Å². The van der Waals surface area contributed by atoms with Crippen molar-refractivity contribution in [3.8, 4) is 22.3 Å². The first-order valence-corrected chi connectivity index (χ1v) is 9.14. The Labute approximate surface area is 162 Å². The van der Waals surface area contributed by atoms with Crippen LogP contribution in [-0.4, -0.2) is 6.67 Å². The van der Waals surface area contributed by atoms with Crippen molar-refractivity contribution in [2.75, 3.05) is 6.67 Å². The number of hydrogen-bond acceptors (Lipinski definition) is 0. The van der Waals surface area contributed by atoms with Gasteiger partial charge in [-0.15, -0.1) is 0 Å². The molecule has 0 aliphatic heterocycles. The van der Waals surface area contributed by atoms with E-state index >= 15 is 0 Å². The highest BCUT2D eigenvalue weighted by molar-refractivity contribution is 5.73. The summed E-state index contributed by atoms with van der Waals surface area (Å²) in [6.45, 7) is 1.09. The molecule has 0 N–H and O–H groups in total. The number of benzene rings is 3. The number of aryl methyl sites for hydroxylation is 1. The third-order valence-electron chi connectivity index (χ3n) is 4.59. The summed E-state index contributed by atoms with van der Waals surface area (Å²) in [4.78, 5) is 0. The Kier molecular flexibility index (Phi) is 6.30. The highest BCUT2D eigenvalue weighted by atomic mass is 19.1. The monoisotopic (exact) mass is 384 g/mol. The maximum atomic E-state index is 14.7. The van der Waals surface area contributed by atoms with Crippen molar-refractivity contribution < 1.29 is 17.6 Å². The van der Waals surface area contributed by atoms with E-state index in [4.69, 9.17) is 0 Å². The molecule has 0 spiro atoms. The molecule has 0 amide bonds. The van der Waals surface area contributed by atoms with Gasteiger partial charge >= 0.3 is 0 Å². The zero-order valence-electron chi connectivity index (χ0n) is 15.5. The summed E-state index contributed by atoms with van der Waals surface area (Å²) < 4.78 is 54.7. The first-order chi connectivity index (χ1) is 13.5. The fourth-order valence-electron chi connectivity index (χ4n) is 3.14. The highest BCUT2D eigenvalue weighted by Crippen LogP contribution is 2.31. The van der Waals surface area contributed by atoms with E-state index in [2.05, 4.69) is 6.92 Å². The van der Waals surface area contributed by atoms with Crippen molar-refractivity contribution in [2.45, 2.75) is 19.8 Å². The predicted octanol–water partition coefficient (Wildman–Crippen LogP) is 7.53. The number of alkyl halides is 1. The number of hydrogen-bond donors (Lipinski definition) is 0. The molecule has 0 aliphatic carbocycles. The van der Waals surface area contributed by atoms with Crippen LogP contribution in [0.25, 0.3) is 28.1 Å². The van der Waals surface area contributed by atoms with Crippen molar-refractivity contribution in [2.24, 2.45) is 0 Å². The standard InChI is InChI=1S/C24H20F4/c1-2-3-16-4-6-17(7-5-16)18-8-10-20(23(27)14-18)19-9-11-21(24(28)15-19)22(26)12-13-25/h4-12,14-15H,2-3,13H2,1H3/b22-12-. The van der Waals surface area contributed by atoms with Gasteiger partial charge in [0, 0.05) is 11.1 Å². The molecule has 0 heterocycles. The molecule has 144 valence electrons. The third kappa shape index (κ3) is 4.33. The third-order valence-corrected chi connectivity index (χ3v) is 4.59. The topological polar surface area (TPSA) is 0 Å². The van der Waals surface area contributed by atoms with Gasteiger partial charge in [-0.05, 0) is 52.9 Å². The van der Waals surface area contributed by atoms with E-state index in [1.54, 1.807) is 12.1 Å². The van der Waals surface area contributed by atoms with E-state index in [1.165, 1.54) is 23.8 Å². The Bertz CT molecular complexity index is 988. The first-order valence-electron chi connectivity index (χ1n) is 9.14. The summed E-state index contributed by atoms with van der Waals surface area (Å²) >= 11 is 0. The minimum Gasteiger partial charge on any atom is -0.246 e. The number of allylic oxidation sites excluding steroid dienone is 1. The second-order valence-corrected chi connectivity index (χ2v) is 6.54. The molecule has 0 fully saturated rings. The average molecular weight is 384 g/mol. The average Bonchev–Trinajstić information content (AvgIpc) is 2.69. The SMILES string of the molecule is CCCc1ccc(-c2ccc(-c3ccc(/C(F)=C/CF)c(F)c3)c(F)c2)cc1. The number of rotatable bonds is 6. The van der Waals surface area contributed by atoms with E-state index in [0.29, 0.717) is 6.08 Å². The second kappa shape index (κ2) is 8.87. The van der Waals surface area contributed by atoms with Gasteiger partial charge in [0.15, 0.2) is 0 Å². The molecule has 0 saturated heterocycles. The lowest BCUT2D eigenvalue weighted by Crippen LogP contribution is -1.91. The Balaban J connectivity index is 1.90. The molecule has 0 nitrogen and oxygen atoms in total. The summed E-state index contributed by atoms with van der Waals surface area (Å²) in [7, 11) is 0. The zero-order chi connectivity index (χ0) is 20.1. The summed E-state index contributed by atoms with van der Waals surface area (Å²) in [6, 6.07) is 16.4. The van der Waals surface area contributed by atoms with Crippen LogP contribution >= 0.6 is 0 Å². The highest BCUT2D eigenvalue weighted by Gasteiger charge is 2.12. The normalized spacial score (nSPS) is 11.7. The second-order valence-electron chi connectivity index (χ2n) is 6.54. The summed E-state index contributed by atoms with van der Waals surface area (Å²) in [5.74, 6) is -2.34. The van der Waals surface area contributed by atoms with Crippen LogP contribution in [0.2, 0.25) is 0 Å². The molecule has 3 aromatic rings. The van der Waals surface area contributed by atoms with Crippen molar-refractivity contribution >= 4 is 5.83 Å². The van der Waals surface area contributed by atoms with Gasteiger partial charge in [0.1, 0.15) is 24.1 Å². The van der Waals surface area contributed by atoms with Crippen LogP contribution in [0, 0.1) is 11.6 Å². The Morgan fingerprint density at radius 1 is 0.821 bits per heavy atom. The van der Waals surface area contributed by atoms with Gasteiger partial charge in [0.05, 0.1) is 0 Å². The summed E-state index contributed by atoms with van der Waals surface area (Å²) in [5.41, 5.74) is 3.01. The fourth-order valence-corrected chi connectivity index (χ4v) is 3.14. The molecule has 0 radical (unpaired) electrons. The Hall–Kier alpha value is -2.88. The van der Waals surface area contributed by atoms with Crippen molar-refractivity contribution in [3.63, 3.8) is 0 Å². The molecule has 0 aliphatic rings. The van der Waals surface area contributed by atoms with E-state index in [1.807, 2.05) is 24.3 Å². The van der Waals surface area contributed by atoms with Gasteiger partial charge in [-0.3, -0.25) is 0 Å². The molecular weight excluding hydrogens is 364 g/mol. The van der Waals surface area contributed by atoms with Crippen LogP contribution in [0.5, 0.6) is 0 Å². The Morgan fingerprint density at radius 3 is 2.07 bits per heavy atom. The van der Waals surface area contributed by atoms with Crippen LogP contribution in [0.1, 0.15) is 24.5 Å². The van der Waals surface area contributed by atoms with E-state index < -0.39 is 24.1 Å².